The Morgan fingerprint density at radius 2 is 2.00 bits per heavy atom. The second-order valence-corrected chi connectivity index (χ2v) is 5.79. The molecule has 0 N–H and O–H groups in total. The Morgan fingerprint density at radius 1 is 1.39 bits per heavy atom. The third-order valence-electron chi connectivity index (χ3n) is 2.98. The average molecular weight is 316 g/mol. The summed E-state index contributed by atoms with van der Waals surface area (Å²) in [4.78, 5) is 13.9. The SMILES string of the molecule is CC(C)CC(C)N(C)C(=O)c1cccc(F)c1Br. The average Bonchev–Trinajstić information content (AvgIpc) is 2.30. The first kappa shape index (κ1) is 15.2. The standard InChI is InChI=1S/C14H19BrFNO/c1-9(2)8-10(3)17(4)14(18)11-6-5-7-12(16)13(11)15/h5-7,9-10H,8H2,1-4H3. The number of carbonyl (C=O) groups excluding carboxylic acids is 1. The third-order valence-corrected chi connectivity index (χ3v) is 3.78. The fraction of sp³-hybridized carbons (Fsp3) is 0.500. The van der Waals surface area contributed by atoms with Gasteiger partial charge in [-0.15, -0.1) is 0 Å². The van der Waals surface area contributed by atoms with Crippen LogP contribution in [0, 0.1) is 11.7 Å². The molecule has 100 valence electrons. The molecule has 1 rings (SSSR count). The van der Waals surface area contributed by atoms with Crippen molar-refractivity contribution >= 4 is 21.8 Å². The molecule has 0 aliphatic carbocycles. The largest absolute Gasteiger partial charge is 0.339 e. The summed E-state index contributed by atoms with van der Waals surface area (Å²) in [5.41, 5.74) is 0.369. The van der Waals surface area contributed by atoms with Crippen LogP contribution in [-0.2, 0) is 0 Å². The molecule has 0 bridgehead atoms. The predicted molar refractivity (Wildman–Crippen MR) is 75.1 cm³/mol. The van der Waals surface area contributed by atoms with Gasteiger partial charge in [-0.25, -0.2) is 4.39 Å². The Kier molecular flexibility index (Phi) is 5.32. The second-order valence-electron chi connectivity index (χ2n) is 5.00. The van der Waals surface area contributed by atoms with E-state index >= 15 is 0 Å². The summed E-state index contributed by atoms with van der Waals surface area (Å²) in [5.74, 6) is -0.0495. The lowest BCUT2D eigenvalue weighted by Gasteiger charge is -2.26. The molecule has 0 aliphatic rings. The summed E-state index contributed by atoms with van der Waals surface area (Å²) in [6, 6.07) is 4.65. The van der Waals surface area contributed by atoms with Crippen molar-refractivity contribution in [3.05, 3.63) is 34.1 Å². The molecule has 4 heteroatoms. The van der Waals surface area contributed by atoms with Gasteiger partial charge in [0, 0.05) is 13.1 Å². The minimum absolute atomic E-state index is 0.132. The van der Waals surface area contributed by atoms with Crippen molar-refractivity contribution in [1.82, 2.24) is 4.90 Å². The van der Waals surface area contributed by atoms with E-state index < -0.39 is 5.82 Å². The lowest BCUT2D eigenvalue weighted by Crippen LogP contribution is -2.36. The molecule has 0 aliphatic heterocycles. The van der Waals surface area contributed by atoms with Crippen molar-refractivity contribution in [3.63, 3.8) is 0 Å². The van der Waals surface area contributed by atoms with Crippen molar-refractivity contribution in [2.45, 2.75) is 33.2 Å². The van der Waals surface area contributed by atoms with Crippen molar-refractivity contribution < 1.29 is 9.18 Å². The summed E-state index contributed by atoms with van der Waals surface area (Å²) in [6.45, 7) is 6.24. The topological polar surface area (TPSA) is 20.3 Å². The maximum atomic E-state index is 13.4. The molecule has 1 atom stereocenters. The first-order chi connectivity index (χ1) is 8.34. The molecule has 1 unspecified atom stereocenters. The quantitative estimate of drug-likeness (QED) is 0.819. The Balaban J connectivity index is 2.90. The van der Waals surface area contributed by atoms with Crippen LogP contribution < -0.4 is 0 Å². The molecule has 18 heavy (non-hydrogen) atoms. The van der Waals surface area contributed by atoms with E-state index in [0.717, 1.165) is 6.42 Å². The smallest absolute Gasteiger partial charge is 0.255 e. The molecule has 0 radical (unpaired) electrons. The number of hydrogen-bond acceptors (Lipinski definition) is 1. The maximum absolute atomic E-state index is 13.4. The normalized spacial score (nSPS) is 12.6. The van der Waals surface area contributed by atoms with Gasteiger partial charge in [-0.2, -0.15) is 0 Å². The van der Waals surface area contributed by atoms with Gasteiger partial charge in [0.05, 0.1) is 10.0 Å². The van der Waals surface area contributed by atoms with Crippen LogP contribution >= 0.6 is 15.9 Å². The number of nitrogens with zero attached hydrogens (tertiary/aromatic N) is 1. The molecule has 1 aromatic carbocycles. The van der Waals surface area contributed by atoms with Gasteiger partial charge in [-0.1, -0.05) is 19.9 Å². The Labute approximate surface area is 116 Å². The van der Waals surface area contributed by atoms with Crippen molar-refractivity contribution in [2.75, 3.05) is 7.05 Å². The fourth-order valence-corrected chi connectivity index (χ4v) is 2.33. The first-order valence-electron chi connectivity index (χ1n) is 6.05. The van der Waals surface area contributed by atoms with Crippen LogP contribution in [0.3, 0.4) is 0 Å². The van der Waals surface area contributed by atoms with Gasteiger partial charge in [-0.3, -0.25) is 4.79 Å². The number of rotatable bonds is 4. The van der Waals surface area contributed by atoms with Gasteiger partial charge in [-0.05, 0) is 47.3 Å². The minimum atomic E-state index is -0.411. The molecule has 0 spiro atoms. The Bertz CT molecular complexity index is 434. The molecule has 0 aromatic heterocycles. The highest BCUT2D eigenvalue weighted by Gasteiger charge is 2.21. The van der Waals surface area contributed by atoms with Crippen LogP contribution in [0.25, 0.3) is 0 Å². The number of hydrogen-bond donors (Lipinski definition) is 0. The summed E-state index contributed by atoms with van der Waals surface area (Å²) < 4.78 is 13.6. The molecular weight excluding hydrogens is 297 g/mol. The molecule has 0 saturated heterocycles. The van der Waals surface area contributed by atoms with E-state index in [-0.39, 0.29) is 16.4 Å². The number of halogens is 2. The zero-order valence-electron chi connectivity index (χ0n) is 11.2. The minimum Gasteiger partial charge on any atom is -0.339 e. The highest BCUT2D eigenvalue weighted by Crippen LogP contribution is 2.23. The number of carbonyl (C=O) groups is 1. The van der Waals surface area contributed by atoms with E-state index in [1.165, 1.54) is 6.07 Å². The highest BCUT2D eigenvalue weighted by atomic mass is 79.9. The van der Waals surface area contributed by atoms with Crippen LogP contribution in [-0.4, -0.2) is 23.9 Å². The van der Waals surface area contributed by atoms with E-state index in [2.05, 4.69) is 29.8 Å². The first-order valence-corrected chi connectivity index (χ1v) is 6.85. The predicted octanol–water partition coefficient (Wildman–Crippen LogP) is 4.09. The zero-order chi connectivity index (χ0) is 13.9. The van der Waals surface area contributed by atoms with Gasteiger partial charge in [0.2, 0.25) is 0 Å². The highest BCUT2D eigenvalue weighted by molar-refractivity contribution is 9.10. The van der Waals surface area contributed by atoms with Crippen molar-refractivity contribution in [1.29, 1.82) is 0 Å². The van der Waals surface area contributed by atoms with Crippen LogP contribution in [0.1, 0.15) is 37.6 Å². The summed E-state index contributed by atoms with van der Waals surface area (Å²) in [7, 11) is 1.76. The summed E-state index contributed by atoms with van der Waals surface area (Å²) >= 11 is 3.13. The van der Waals surface area contributed by atoms with Crippen molar-refractivity contribution in [3.8, 4) is 0 Å². The molecule has 0 heterocycles. The van der Waals surface area contributed by atoms with Gasteiger partial charge in [0.15, 0.2) is 0 Å². The lowest BCUT2D eigenvalue weighted by molar-refractivity contribution is 0.0726. The number of benzene rings is 1. The second kappa shape index (κ2) is 6.32. The van der Waals surface area contributed by atoms with Gasteiger partial charge >= 0.3 is 0 Å². The molecule has 0 saturated carbocycles. The number of amides is 1. The molecule has 1 amide bonds. The van der Waals surface area contributed by atoms with E-state index in [0.29, 0.717) is 11.5 Å². The van der Waals surface area contributed by atoms with E-state index in [1.54, 1.807) is 24.1 Å². The van der Waals surface area contributed by atoms with Crippen molar-refractivity contribution in [2.24, 2.45) is 5.92 Å². The molecular formula is C14H19BrFNO. The fourth-order valence-electron chi connectivity index (χ4n) is 1.90. The van der Waals surface area contributed by atoms with Crippen LogP contribution in [0.15, 0.2) is 22.7 Å². The molecule has 1 aromatic rings. The van der Waals surface area contributed by atoms with Gasteiger partial charge in [0.25, 0.3) is 5.91 Å². The molecule has 2 nitrogen and oxygen atoms in total. The summed E-state index contributed by atoms with van der Waals surface area (Å²) in [5, 5.41) is 0. The molecule has 0 fully saturated rings. The summed E-state index contributed by atoms with van der Waals surface area (Å²) in [6.07, 6.45) is 0.926. The van der Waals surface area contributed by atoms with E-state index in [4.69, 9.17) is 0 Å². The Morgan fingerprint density at radius 3 is 2.56 bits per heavy atom. The monoisotopic (exact) mass is 315 g/mol. The van der Waals surface area contributed by atoms with Crippen LogP contribution in [0.5, 0.6) is 0 Å². The van der Waals surface area contributed by atoms with Gasteiger partial charge in [0.1, 0.15) is 5.82 Å². The van der Waals surface area contributed by atoms with Gasteiger partial charge < -0.3 is 4.90 Å². The van der Waals surface area contributed by atoms with E-state index in [1.807, 2.05) is 6.92 Å². The van der Waals surface area contributed by atoms with Crippen LogP contribution in [0.2, 0.25) is 0 Å². The lowest BCUT2D eigenvalue weighted by atomic mass is 10.0. The Hall–Kier alpha value is -0.900. The van der Waals surface area contributed by atoms with E-state index in [9.17, 15) is 9.18 Å². The van der Waals surface area contributed by atoms with Crippen LogP contribution in [0.4, 0.5) is 4.39 Å². The zero-order valence-corrected chi connectivity index (χ0v) is 12.8. The third kappa shape index (κ3) is 3.55. The maximum Gasteiger partial charge on any atom is 0.255 e.